The van der Waals surface area contributed by atoms with Gasteiger partial charge in [-0.1, -0.05) is 0 Å². The maximum atomic E-state index is 4.27. The molecule has 0 amide bonds. The number of aryl methyl sites for hydroxylation is 1. The zero-order valence-corrected chi connectivity index (χ0v) is 9.49. The first kappa shape index (κ1) is 9.59. The molecule has 0 saturated carbocycles. The van der Waals surface area contributed by atoms with Crippen LogP contribution in [0.2, 0.25) is 0 Å². The Morgan fingerprint density at radius 2 is 2.31 bits per heavy atom. The van der Waals surface area contributed by atoms with Crippen molar-refractivity contribution in [1.82, 2.24) is 25.1 Å². The molecular weight excluding hydrogens is 202 g/mol. The third-order valence-corrected chi connectivity index (χ3v) is 3.02. The highest BCUT2D eigenvalue weighted by Gasteiger charge is 2.22. The molecule has 5 nitrogen and oxygen atoms in total. The highest BCUT2D eigenvalue weighted by Crippen LogP contribution is 2.22. The molecule has 1 atom stereocenters. The van der Waals surface area contributed by atoms with Crippen molar-refractivity contribution in [2.24, 2.45) is 0 Å². The van der Waals surface area contributed by atoms with Gasteiger partial charge in [0, 0.05) is 19.3 Å². The van der Waals surface area contributed by atoms with Crippen LogP contribution in [0.25, 0.3) is 11.5 Å². The van der Waals surface area contributed by atoms with E-state index >= 15 is 0 Å². The summed E-state index contributed by atoms with van der Waals surface area (Å²) in [6.45, 7) is 6.08. The second-order valence-corrected chi connectivity index (χ2v) is 4.30. The van der Waals surface area contributed by atoms with Crippen LogP contribution in [0.1, 0.15) is 24.4 Å². The van der Waals surface area contributed by atoms with Gasteiger partial charge in [-0.05, 0) is 25.5 Å². The van der Waals surface area contributed by atoms with Crippen molar-refractivity contribution in [3.05, 3.63) is 23.7 Å². The van der Waals surface area contributed by atoms with Gasteiger partial charge in [0.25, 0.3) is 0 Å². The van der Waals surface area contributed by atoms with Crippen LogP contribution in [0, 0.1) is 6.92 Å². The van der Waals surface area contributed by atoms with Crippen LogP contribution in [0.3, 0.4) is 0 Å². The molecule has 1 aliphatic rings. The monoisotopic (exact) mass is 217 g/mol. The summed E-state index contributed by atoms with van der Waals surface area (Å²) in [7, 11) is 0. The van der Waals surface area contributed by atoms with Crippen LogP contribution >= 0.6 is 0 Å². The highest BCUT2D eigenvalue weighted by molar-refractivity contribution is 5.51. The molecule has 2 aromatic rings. The quantitative estimate of drug-likeness (QED) is 0.755. The molecule has 1 unspecified atom stereocenters. The largest absolute Gasteiger partial charge is 0.358 e. The number of fused-ring (bicyclic) bond motifs is 1. The Bertz CT molecular complexity index is 510. The summed E-state index contributed by atoms with van der Waals surface area (Å²) < 4.78 is 2.19. The first-order chi connectivity index (χ1) is 7.75. The number of aromatic nitrogens is 4. The SMILES string of the molecule is Cc1c[nH]c(-c2nnc3n2CCNC3C)c1. The molecule has 2 aromatic heterocycles. The van der Waals surface area contributed by atoms with Crippen LogP contribution in [-0.2, 0) is 6.54 Å². The van der Waals surface area contributed by atoms with E-state index in [0.717, 1.165) is 30.4 Å². The summed E-state index contributed by atoms with van der Waals surface area (Å²) in [5.41, 5.74) is 2.26. The molecule has 0 aliphatic carbocycles. The molecule has 0 saturated heterocycles. The molecule has 0 spiro atoms. The zero-order valence-electron chi connectivity index (χ0n) is 9.49. The van der Waals surface area contributed by atoms with Gasteiger partial charge in [0.05, 0.1) is 11.7 Å². The van der Waals surface area contributed by atoms with Gasteiger partial charge in [-0.2, -0.15) is 0 Å². The third kappa shape index (κ3) is 1.36. The van der Waals surface area contributed by atoms with E-state index in [1.165, 1.54) is 5.56 Å². The van der Waals surface area contributed by atoms with Crippen molar-refractivity contribution >= 4 is 0 Å². The normalized spacial score (nSPS) is 19.8. The Morgan fingerprint density at radius 1 is 1.44 bits per heavy atom. The average Bonchev–Trinajstić information content (AvgIpc) is 2.84. The number of aromatic amines is 1. The Kier molecular flexibility index (Phi) is 2.07. The first-order valence-electron chi connectivity index (χ1n) is 5.57. The average molecular weight is 217 g/mol. The van der Waals surface area contributed by atoms with E-state index in [-0.39, 0.29) is 6.04 Å². The van der Waals surface area contributed by atoms with Crippen LogP contribution in [0.4, 0.5) is 0 Å². The fraction of sp³-hybridized carbons (Fsp3) is 0.455. The fourth-order valence-electron chi connectivity index (χ4n) is 2.17. The highest BCUT2D eigenvalue weighted by atomic mass is 15.3. The lowest BCUT2D eigenvalue weighted by molar-refractivity contribution is 0.439. The van der Waals surface area contributed by atoms with Gasteiger partial charge in [0.1, 0.15) is 5.82 Å². The standard InChI is InChI=1S/C11H15N5/c1-7-5-9(13-6-7)11-15-14-10-8(2)12-3-4-16(10)11/h5-6,8,12-13H,3-4H2,1-2H3. The Balaban J connectivity index is 2.09. The van der Waals surface area contributed by atoms with Crippen molar-refractivity contribution in [2.45, 2.75) is 26.4 Å². The lowest BCUT2D eigenvalue weighted by atomic mass is 10.2. The van der Waals surface area contributed by atoms with Crippen LogP contribution in [-0.4, -0.2) is 26.3 Å². The number of H-pyrrole nitrogens is 1. The summed E-state index contributed by atoms with van der Waals surface area (Å²) in [5.74, 6) is 1.96. The van der Waals surface area contributed by atoms with E-state index in [1.807, 2.05) is 6.20 Å². The second kappa shape index (κ2) is 3.45. The molecule has 2 N–H and O–H groups in total. The van der Waals surface area contributed by atoms with Crippen LogP contribution in [0.15, 0.2) is 12.3 Å². The summed E-state index contributed by atoms with van der Waals surface area (Å²) >= 11 is 0. The second-order valence-electron chi connectivity index (χ2n) is 4.30. The van der Waals surface area contributed by atoms with Crippen molar-refractivity contribution in [2.75, 3.05) is 6.54 Å². The minimum absolute atomic E-state index is 0.283. The number of rotatable bonds is 1. The topological polar surface area (TPSA) is 58.5 Å². The Hall–Kier alpha value is -1.62. The van der Waals surface area contributed by atoms with Gasteiger partial charge in [-0.25, -0.2) is 0 Å². The number of hydrogen-bond donors (Lipinski definition) is 2. The minimum Gasteiger partial charge on any atom is -0.358 e. The molecule has 3 rings (SSSR count). The van der Waals surface area contributed by atoms with Gasteiger partial charge in [-0.15, -0.1) is 10.2 Å². The summed E-state index contributed by atoms with van der Waals surface area (Å²) in [6.07, 6.45) is 1.99. The van der Waals surface area contributed by atoms with E-state index in [1.54, 1.807) is 0 Å². The van der Waals surface area contributed by atoms with Crippen molar-refractivity contribution < 1.29 is 0 Å². The molecule has 0 aromatic carbocycles. The third-order valence-electron chi connectivity index (χ3n) is 3.02. The molecule has 0 bridgehead atoms. The predicted octanol–water partition coefficient (Wildman–Crippen LogP) is 1.25. The molecule has 1 aliphatic heterocycles. The smallest absolute Gasteiger partial charge is 0.180 e. The van der Waals surface area contributed by atoms with Gasteiger partial charge in [0.15, 0.2) is 5.82 Å². The van der Waals surface area contributed by atoms with Gasteiger partial charge >= 0.3 is 0 Å². The maximum absolute atomic E-state index is 4.27. The first-order valence-corrected chi connectivity index (χ1v) is 5.57. The fourth-order valence-corrected chi connectivity index (χ4v) is 2.17. The zero-order chi connectivity index (χ0) is 11.1. The molecule has 16 heavy (non-hydrogen) atoms. The maximum Gasteiger partial charge on any atom is 0.180 e. The number of nitrogens with one attached hydrogen (secondary N) is 2. The predicted molar refractivity (Wildman–Crippen MR) is 61.0 cm³/mol. The van der Waals surface area contributed by atoms with Crippen LogP contribution in [0.5, 0.6) is 0 Å². The molecule has 0 radical (unpaired) electrons. The van der Waals surface area contributed by atoms with Gasteiger partial charge < -0.3 is 14.9 Å². The van der Waals surface area contributed by atoms with E-state index in [4.69, 9.17) is 0 Å². The Morgan fingerprint density at radius 3 is 3.06 bits per heavy atom. The number of nitrogens with zero attached hydrogens (tertiary/aromatic N) is 3. The summed E-state index contributed by atoms with van der Waals surface area (Å²) in [6, 6.07) is 2.38. The van der Waals surface area contributed by atoms with Gasteiger partial charge in [-0.3, -0.25) is 0 Å². The molecule has 5 heteroatoms. The summed E-state index contributed by atoms with van der Waals surface area (Å²) in [4.78, 5) is 3.23. The van der Waals surface area contributed by atoms with Crippen LogP contribution < -0.4 is 5.32 Å². The number of hydrogen-bond acceptors (Lipinski definition) is 3. The summed E-state index contributed by atoms with van der Waals surface area (Å²) in [5, 5.41) is 11.9. The van der Waals surface area contributed by atoms with Gasteiger partial charge in [0.2, 0.25) is 0 Å². The van der Waals surface area contributed by atoms with Crippen molar-refractivity contribution in [3.63, 3.8) is 0 Å². The lowest BCUT2D eigenvalue weighted by Crippen LogP contribution is -2.32. The Labute approximate surface area is 93.9 Å². The van der Waals surface area contributed by atoms with E-state index in [2.05, 4.69) is 45.0 Å². The molecule has 0 fully saturated rings. The van der Waals surface area contributed by atoms with Crippen molar-refractivity contribution in [3.8, 4) is 11.5 Å². The van der Waals surface area contributed by atoms with E-state index < -0.39 is 0 Å². The lowest BCUT2D eigenvalue weighted by Gasteiger charge is -2.21. The molecular formula is C11H15N5. The van der Waals surface area contributed by atoms with E-state index in [9.17, 15) is 0 Å². The van der Waals surface area contributed by atoms with Crippen molar-refractivity contribution in [1.29, 1.82) is 0 Å². The van der Waals surface area contributed by atoms with E-state index in [0.29, 0.717) is 0 Å². The molecule has 84 valence electrons. The minimum atomic E-state index is 0.283. The molecule has 3 heterocycles.